The van der Waals surface area contributed by atoms with Crippen molar-refractivity contribution in [3.05, 3.63) is 29.3 Å². The molecule has 0 amide bonds. The van der Waals surface area contributed by atoms with E-state index in [4.69, 9.17) is 16.2 Å². The topological polar surface area (TPSA) is 61.3 Å². The van der Waals surface area contributed by atoms with Crippen molar-refractivity contribution < 1.29 is 4.74 Å². The van der Waals surface area contributed by atoms with E-state index in [9.17, 15) is 0 Å². The van der Waals surface area contributed by atoms with Gasteiger partial charge in [0.1, 0.15) is 5.75 Å². The van der Waals surface area contributed by atoms with Crippen LogP contribution in [0.5, 0.6) is 5.75 Å². The van der Waals surface area contributed by atoms with Crippen LogP contribution in [0.1, 0.15) is 130 Å². The number of hydrogen-bond acceptors (Lipinski definition) is 3. The summed E-state index contributed by atoms with van der Waals surface area (Å²) in [4.78, 5) is 0. The van der Waals surface area contributed by atoms with Crippen molar-refractivity contribution in [2.75, 3.05) is 18.1 Å². The summed E-state index contributed by atoms with van der Waals surface area (Å²) in [6.45, 7) is 7.98. The van der Waals surface area contributed by atoms with Crippen LogP contribution >= 0.6 is 0 Å². The molecule has 0 bridgehead atoms. The average Bonchev–Trinajstić information content (AvgIpc) is 2.88. The second-order valence-electron chi connectivity index (χ2n) is 12.2. The molecule has 0 radical (unpaired) electrons. The minimum absolute atomic E-state index is 0.642. The van der Waals surface area contributed by atoms with Gasteiger partial charge in [0.15, 0.2) is 0 Å². The van der Waals surface area contributed by atoms with E-state index >= 15 is 0 Å². The first-order valence-corrected chi connectivity index (χ1v) is 15.4. The lowest BCUT2D eigenvalue weighted by Crippen LogP contribution is -2.22. The molecule has 3 heteroatoms. The van der Waals surface area contributed by atoms with Crippen molar-refractivity contribution in [2.24, 2.45) is 23.7 Å². The quantitative estimate of drug-likeness (QED) is 0.153. The van der Waals surface area contributed by atoms with Gasteiger partial charge in [-0.15, -0.1) is 0 Å². The van der Waals surface area contributed by atoms with Gasteiger partial charge in [0.25, 0.3) is 0 Å². The molecule has 3 nitrogen and oxygen atoms in total. The number of benzene rings is 1. The molecule has 0 saturated heterocycles. The largest absolute Gasteiger partial charge is 0.493 e. The number of nitrogens with two attached hydrogens (primary N) is 2. The van der Waals surface area contributed by atoms with Crippen LogP contribution in [0.15, 0.2) is 29.3 Å². The SMILES string of the molecule is CCCCCCCCCCC1CCC(/C(C)=C(\C)C2CCC(COc3cc(N)cc(N)c3)CC2)CC1. The van der Waals surface area contributed by atoms with Gasteiger partial charge < -0.3 is 16.2 Å². The molecule has 36 heavy (non-hydrogen) atoms. The third kappa shape index (κ3) is 9.67. The lowest BCUT2D eigenvalue weighted by atomic mass is 9.72. The molecule has 2 saturated carbocycles. The lowest BCUT2D eigenvalue weighted by molar-refractivity contribution is 0.191. The van der Waals surface area contributed by atoms with E-state index in [1.54, 1.807) is 17.2 Å². The third-order valence-corrected chi connectivity index (χ3v) is 9.44. The zero-order chi connectivity index (χ0) is 25.8. The summed E-state index contributed by atoms with van der Waals surface area (Å²) < 4.78 is 6.04. The van der Waals surface area contributed by atoms with Crippen LogP contribution in [-0.4, -0.2) is 6.61 Å². The van der Waals surface area contributed by atoms with Gasteiger partial charge in [-0.05, 0) is 95.0 Å². The molecule has 3 rings (SSSR count). The highest BCUT2D eigenvalue weighted by Crippen LogP contribution is 2.40. The van der Waals surface area contributed by atoms with Crippen LogP contribution < -0.4 is 16.2 Å². The summed E-state index contributed by atoms with van der Waals surface area (Å²) in [5, 5.41) is 0. The molecule has 2 aliphatic carbocycles. The van der Waals surface area contributed by atoms with Crippen LogP contribution in [0.4, 0.5) is 11.4 Å². The Bertz CT molecular complexity index is 765. The molecule has 1 aromatic carbocycles. The van der Waals surface area contributed by atoms with Gasteiger partial charge >= 0.3 is 0 Å². The molecule has 0 atom stereocenters. The Hall–Kier alpha value is -1.64. The second-order valence-corrected chi connectivity index (χ2v) is 12.2. The number of anilines is 2. The van der Waals surface area contributed by atoms with Crippen molar-refractivity contribution in [3.8, 4) is 5.75 Å². The molecular formula is C33H56N2O. The van der Waals surface area contributed by atoms with Gasteiger partial charge in [0.05, 0.1) is 6.61 Å². The van der Waals surface area contributed by atoms with Crippen LogP contribution in [-0.2, 0) is 0 Å². The summed E-state index contributed by atoms with van der Waals surface area (Å²) in [6, 6.07) is 5.53. The van der Waals surface area contributed by atoms with Crippen LogP contribution in [0, 0.1) is 23.7 Å². The smallest absolute Gasteiger partial charge is 0.123 e. The van der Waals surface area contributed by atoms with Gasteiger partial charge in [-0.3, -0.25) is 0 Å². The molecule has 204 valence electrons. The second kappa shape index (κ2) is 15.6. The van der Waals surface area contributed by atoms with E-state index in [0.29, 0.717) is 17.3 Å². The molecule has 0 aromatic heterocycles. The van der Waals surface area contributed by atoms with Crippen LogP contribution in [0.3, 0.4) is 0 Å². The number of hydrogen-bond donors (Lipinski definition) is 2. The third-order valence-electron chi connectivity index (χ3n) is 9.44. The fraction of sp³-hybridized carbons (Fsp3) is 0.758. The molecule has 4 N–H and O–H groups in total. The standard InChI is InChI=1S/C33H56N2O/c1-4-5-6-7-8-9-10-11-12-27-13-17-29(18-14-27)25(2)26(3)30-19-15-28(16-20-30)24-36-33-22-31(34)21-32(35)23-33/h21-23,27-30H,4-20,24,34-35H2,1-3H3/b26-25+. The maximum atomic E-state index is 6.04. The van der Waals surface area contributed by atoms with Crippen molar-refractivity contribution in [1.82, 2.24) is 0 Å². The van der Waals surface area contributed by atoms with Crippen molar-refractivity contribution in [3.63, 3.8) is 0 Å². The molecule has 0 aliphatic heterocycles. The van der Waals surface area contributed by atoms with Gasteiger partial charge in [-0.25, -0.2) is 0 Å². The van der Waals surface area contributed by atoms with Gasteiger partial charge in [-0.1, -0.05) is 75.9 Å². The van der Waals surface area contributed by atoms with Gasteiger partial charge in [-0.2, -0.15) is 0 Å². The molecule has 1 aromatic rings. The first-order valence-electron chi connectivity index (χ1n) is 15.4. The van der Waals surface area contributed by atoms with E-state index < -0.39 is 0 Å². The summed E-state index contributed by atoms with van der Waals surface area (Å²) in [6.07, 6.45) is 23.9. The molecule has 0 heterocycles. The highest BCUT2D eigenvalue weighted by atomic mass is 16.5. The fourth-order valence-corrected chi connectivity index (χ4v) is 6.80. The van der Waals surface area contributed by atoms with E-state index in [-0.39, 0.29) is 0 Å². The van der Waals surface area contributed by atoms with Crippen LogP contribution in [0.25, 0.3) is 0 Å². The monoisotopic (exact) mass is 496 g/mol. The molecular weight excluding hydrogens is 440 g/mol. The van der Waals surface area contributed by atoms with Crippen molar-refractivity contribution in [1.29, 1.82) is 0 Å². The van der Waals surface area contributed by atoms with Gasteiger partial charge in [0, 0.05) is 23.5 Å². The highest BCUT2D eigenvalue weighted by molar-refractivity contribution is 5.56. The Morgan fingerprint density at radius 3 is 1.67 bits per heavy atom. The van der Waals surface area contributed by atoms with Crippen molar-refractivity contribution >= 4 is 11.4 Å². The Morgan fingerprint density at radius 2 is 1.14 bits per heavy atom. The molecule has 0 spiro atoms. The summed E-state index contributed by atoms with van der Waals surface area (Å²) in [5.41, 5.74) is 16.6. The van der Waals surface area contributed by atoms with E-state index in [1.165, 1.54) is 109 Å². The molecule has 2 aliphatic rings. The first-order chi connectivity index (χ1) is 17.5. The highest BCUT2D eigenvalue weighted by Gasteiger charge is 2.27. The molecule has 2 fully saturated rings. The summed E-state index contributed by atoms with van der Waals surface area (Å²) in [7, 11) is 0. The Labute approximate surface area is 222 Å². The summed E-state index contributed by atoms with van der Waals surface area (Å²) in [5.74, 6) is 4.07. The van der Waals surface area contributed by atoms with Crippen molar-refractivity contribution in [2.45, 2.75) is 130 Å². The predicted octanol–water partition coefficient (Wildman–Crippen LogP) is 9.71. The van der Waals surface area contributed by atoms with E-state index in [1.807, 2.05) is 12.1 Å². The summed E-state index contributed by atoms with van der Waals surface area (Å²) >= 11 is 0. The number of ether oxygens (including phenoxy) is 1. The first kappa shape index (κ1) is 28.9. The maximum absolute atomic E-state index is 6.04. The maximum Gasteiger partial charge on any atom is 0.123 e. The number of nitrogen functional groups attached to an aromatic ring is 2. The number of rotatable bonds is 14. The Morgan fingerprint density at radius 1 is 0.667 bits per heavy atom. The predicted molar refractivity (Wildman–Crippen MR) is 157 cm³/mol. The van der Waals surface area contributed by atoms with Gasteiger partial charge in [0.2, 0.25) is 0 Å². The lowest BCUT2D eigenvalue weighted by Gasteiger charge is -2.34. The fourth-order valence-electron chi connectivity index (χ4n) is 6.80. The Kier molecular flexibility index (Phi) is 12.5. The minimum atomic E-state index is 0.642. The molecule has 0 unspecified atom stereocenters. The van der Waals surface area contributed by atoms with E-state index in [0.717, 1.165) is 30.1 Å². The zero-order valence-electron chi connectivity index (χ0n) is 23.8. The number of unbranched alkanes of at least 4 members (excludes halogenated alkanes) is 7. The normalized spacial score (nSPS) is 25.4. The average molecular weight is 497 g/mol. The minimum Gasteiger partial charge on any atom is -0.493 e. The Balaban J connectivity index is 1.32. The van der Waals surface area contributed by atoms with Crippen LogP contribution in [0.2, 0.25) is 0 Å². The van der Waals surface area contributed by atoms with E-state index in [2.05, 4.69) is 20.8 Å². The number of allylic oxidation sites excluding steroid dienone is 2. The zero-order valence-corrected chi connectivity index (χ0v) is 23.8.